The molecule has 0 saturated carbocycles. The van der Waals surface area contributed by atoms with E-state index < -0.39 is 17.9 Å². The molecule has 2 N–H and O–H groups in total. The van der Waals surface area contributed by atoms with Crippen LogP contribution in [0.15, 0.2) is 0 Å². The molecule has 1 fully saturated rings. The van der Waals surface area contributed by atoms with Gasteiger partial charge in [-0.1, -0.05) is 11.3 Å². The maximum absolute atomic E-state index is 11.0. The van der Waals surface area contributed by atoms with Crippen molar-refractivity contribution in [1.29, 1.82) is 0 Å². The van der Waals surface area contributed by atoms with E-state index in [9.17, 15) is 9.59 Å². The summed E-state index contributed by atoms with van der Waals surface area (Å²) in [5, 5.41) is 18.6. The Morgan fingerprint density at radius 2 is 2.17 bits per heavy atom. The molecular weight excluding hydrogens is 256 g/mol. The summed E-state index contributed by atoms with van der Waals surface area (Å²) in [6.07, 6.45) is 1.46. The van der Waals surface area contributed by atoms with Gasteiger partial charge in [-0.2, -0.15) is 0 Å². The first-order valence-electron chi connectivity index (χ1n) is 5.67. The minimum absolute atomic E-state index is 0.224. The van der Waals surface area contributed by atoms with Gasteiger partial charge in [0.1, 0.15) is 4.88 Å². The van der Waals surface area contributed by atoms with E-state index in [0.29, 0.717) is 23.8 Å². The van der Waals surface area contributed by atoms with Crippen molar-refractivity contribution in [2.24, 2.45) is 5.92 Å². The van der Waals surface area contributed by atoms with Crippen LogP contribution in [0.3, 0.4) is 0 Å². The molecular formula is C11H14N2O4S. The molecule has 18 heavy (non-hydrogen) atoms. The van der Waals surface area contributed by atoms with Crippen molar-refractivity contribution in [3.63, 3.8) is 0 Å². The van der Waals surface area contributed by atoms with Crippen molar-refractivity contribution in [3.05, 3.63) is 10.6 Å². The standard InChI is InChI=1S/C11H14N2O4S/c1-6-8(10(16)17)18-11(12-6)13-4-2-3-7(5-13)9(14)15/h7H,2-5H2,1H3,(H,14,15)(H,16,17). The first-order valence-corrected chi connectivity index (χ1v) is 6.49. The van der Waals surface area contributed by atoms with Crippen LogP contribution in [-0.2, 0) is 4.79 Å². The molecule has 1 saturated heterocycles. The molecule has 0 radical (unpaired) electrons. The lowest BCUT2D eigenvalue weighted by atomic mass is 9.99. The second kappa shape index (κ2) is 4.93. The Morgan fingerprint density at radius 1 is 1.44 bits per heavy atom. The highest BCUT2D eigenvalue weighted by molar-refractivity contribution is 7.17. The number of aliphatic carboxylic acids is 1. The number of carboxylic acids is 2. The van der Waals surface area contributed by atoms with Crippen LogP contribution in [0.4, 0.5) is 5.13 Å². The van der Waals surface area contributed by atoms with Gasteiger partial charge in [-0.05, 0) is 19.8 Å². The van der Waals surface area contributed by atoms with Gasteiger partial charge in [-0.3, -0.25) is 4.79 Å². The Labute approximate surface area is 108 Å². The largest absolute Gasteiger partial charge is 0.481 e. The third kappa shape index (κ3) is 2.45. The van der Waals surface area contributed by atoms with Crippen molar-refractivity contribution >= 4 is 28.4 Å². The predicted molar refractivity (Wildman–Crippen MR) is 66.4 cm³/mol. The molecule has 1 aliphatic heterocycles. The van der Waals surface area contributed by atoms with Gasteiger partial charge in [0.2, 0.25) is 0 Å². The molecule has 2 heterocycles. The fourth-order valence-electron chi connectivity index (χ4n) is 2.07. The molecule has 98 valence electrons. The first kappa shape index (κ1) is 12.8. The monoisotopic (exact) mass is 270 g/mol. The highest BCUT2D eigenvalue weighted by Gasteiger charge is 2.28. The van der Waals surface area contributed by atoms with Crippen LogP contribution >= 0.6 is 11.3 Å². The Morgan fingerprint density at radius 3 is 2.72 bits per heavy atom. The number of aromatic carboxylic acids is 1. The van der Waals surface area contributed by atoms with Crippen LogP contribution in [0.25, 0.3) is 0 Å². The third-order valence-corrected chi connectivity index (χ3v) is 4.23. The van der Waals surface area contributed by atoms with E-state index in [2.05, 4.69) is 4.98 Å². The zero-order valence-corrected chi connectivity index (χ0v) is 10.7. The van der Waals surface area contributed by atoms with Gasteiger partial charge in [0.05, 0.1) is 11.6 Å². The number of nitrogens with zero attached hydrogens (tertiary/aromatic N) is 2. The second-order valence-electron chi connectivity index (χ2n) is 4.34. The van der Waals surface area contributed by atoms with Gasteiger partial charge in [-0.25, -0.2) is 9.78 Å². The number of aryl methyl sites for hydroxylation is 1. The number of aromatic nitrogens is 1. The molecule has 0 amide bonds. The maximum Gasteiger partial charge on any atom is 0.347 e. The highest BCUT2D eigenvalue weighted by Crippen LogP contribution is 2.29. The molecule has 2 rings (SSSR count). The Balaban J connectivity index is 2.18. The summed E-state index contributed by atoms with van der Waals surface area (Å²) in [7, 11) is 0. The number of thiazole rings is 1. The Bertz CT molecular complexity index is 485. The van der Waals surface area contributed by atoms with Crippen LogP contribution in [0.1, 0.15) is 28.2 Å². The third-order valence-electron chi connectivity index (χ3n) is 3.02. The summed E-state index contributed by atoms with van der Waals surface area (Å²) in [4.78, 5) is 28.2. The summed E-state index contributed by atoms with van der Waals surface area (Å²) in [5.41, 5.74) is 0.486. The number of hydrogen-bond acceptors (Lipinski definition) is 5. The highest BCUT2D eigenvalue weighted by atomic mass is 32.1. The predicted octanol–water partition coefficient (Wildman–Crippen LogP) is 1.45. The number of carboxylic acid groups (broad SMARTS) is 2. The maximum atomic E-state index is 11.0. The SMILES string of the molecule is Cc1nc(N2CCCC(C(=O)O)C2)sc1C(=O)O. The van der Waals surface area contributed by atoms with E-state index in [1.54, 1.807) is 6.92 Å². The van der Waals surface area contributed by atoms with E-state index in [1.807, 2.05) is 4.90 Å². The van der Waals surface area contributed by atoms with E-state index in [4.69, 9.17) is 10.2 Å². The quantitative estimate of drug-likeness (QED) is 0.864. The molecule has 0 aliphatic carbocycles. The number of rotatable bonds is 3. The topological polar surface area (TPSA) is 90.7 Å². The summed E-state index contributed by atoms with van der Waals surface area (Å²) in [6, 6.07) is 0. The van der Waals surface area contributed by atoms with E-state index in [1.165, 1.54) is 0 Å². The molecule has 7 heteroatoms. The number of carbonyl (C=O) groups is 2. The van der Waals surface area contributed by atoms with Crippen molar-refractivity contribution < 1.29 is 19.8 Å². The van der Waals surface area contributed by atoms with E-state index in [0.717, 1.165) is 24.3 Å². The minimum atomic E-state index is -0.983. The molecule has 1 unspecified atom stereocenters. The van der Waals surface area contributed by atoms with Gasteiger partial charge in [0, 0.05) is 13.1 Å². The molecule has 6 nitrogen and oxygen atoms in total. The van der Waals surface area contributed by atoms with Crippen LogP contribution in [0.2, 0.25) is 0 Å². The van der Waals surface area contributed by atoms with Crippen LogP contribution in [0, 0.1) is 12.8 Å². The van der Waals surface area contributed by atoms with Crippen molar-refractivity contribution in [1.82, 2.24) is 4.98 Å². The fourth-order valence-corrected chi connectivity index (χ4v) is 3.01. The van der Waals surface area contributed by atoms with Gasteiger partial charge in [-0.15, -0.1) is 0 Å². The average Bonchev–Trinajstić information content (AvgIpc) is 2.71. The number of anilines is 1. The molecule has 1 aliphatic rings. The summed E-state index contributed by atoms with van der Waals surface area (Å²) >= 11 is 1.11. The average molecular weight is 270 g/mol. The number of piperidine rings is 1. The second-order valence-corrected chi connectivity index (χ2v) is 5.32. The molecule has 0 bridgehead atoms. The Hall–Kier alpha value is -1.63. The summed E-state index contributed by atoms with van der Waals surface area (Å²) < 4.78 is 0. The molecule has 1 atom stereocenters. The van der Waals surface area contributed by atoms with Gasteiger partial charge < -0.3 is 15.1 Å². The summed E-state index contributed by atoms with van der Waals surface area (Å²) in [5.74, 6) is -2.18. The smallest absolute Gasteiger partial charge is 0.347 e. The first-order chi connectivity index (χ1) is 8.49. The zero-order chi connectivity index (χ0) is 13.3. The summed E-state index contributed by atoms with van der Waals surface area (Å²) in [6.45, 7) is 2.79. The van der Waals surface area contributed by atoms with Crippen LogP contribution < -0.4 is 4.90 Å². The Kier molecular flexibility index (Phi) is 3.51. The lowest BCUT2D eigenvalue weighted by Crippen LogP contribution is -2.38. The van der Waals surface area contributed by atoms with Crippen molar-refractivity contribution in [3.8, 4) is 0 Å². The lowest BCUT2D eigenvalue weighted by molar-refractivity contribution is -0.141. The zero-order valence-electron chi connectivity index (χ0n) is 9.92. The normalized spacial score (nSPS) is 19.8. The molecule has 1 aromatic heterocycles. The van der Waals surface area contributed by atoms with Gasteiger partial charge >= 0.3 is 11.9 Å². The van der Waals surface area contributed by atoms with Crippen molar-refractivity contribution in [2.45, 2.75) is 19.8 Å². The lowest BCUT2D eigenvalue weighted by Gasteiger charge is -2.30. The molecule has 1 aromatic rings. The van der Waals surface area contributed by atoms with Crippen LogP contribution in [-0.4, -0.2) is 40.2 Å². The van der Waals surface area contributed by atoms with Crippen molar-refractivity contribution in [2.75, 3.05) is 18.0 Å². The van der Waals surface area contributed by atoms with Gasteiger partial charge in [0.15, 0.2) is 5.13 Å². The van der Waals surface area contributed by atoms with Crippen LogP contribution in [0.5, 0.6) is 0 Å². The van der Waals surface area contributed by atoms with E-state index >= 15 is 0 Å². The molecule has 0 aromatic carbocycles. The van der Waals surface area contributed by atoms with Gasteiger partial charge in [0.25, 0.3) is 0 Å². The molecule has 0 spiro atoms. The fraction of sp³-hybridized carbons (Fsp3) is 0.545. The minimum Gasteiger partial charge on any atom is -0.481 e. The van der Waals surface area contributed by atoms with E-state index in [-0.39, 0.29) is 4.88 Å². The number of hydrogen-bond donors (Lipinski definition) is 2.